The number of carbonyl (C=O) groups is 1. The van der Waals surface area contributed by atoms with E-state index in [1.807, 2.05) is 17.0 Å². The molecular formula is C23H22N4O6S. The van der Waals surface area contributed by atoms with E-state index in [0.29, 0.717) is 55.8 Å². The third-order valence-corrected chi connectivity index (χ3v) is 6.88. The molecule has 2 aromatic carbocycles. The van der Waals surface area contributed by atoms with Crippen LogP contribution in [0.2, 0.25) is 0 Å². The zero-order valence-electron chi connectivity index (χ0n) is 19.0. The van der Waals surface area contributed by atoms with Crippen LogP contribution in [-0.4, -0.2) is 45.6 Å². The van der Waals surface area contributed by atoms with Gasteiger partial charge in [0.2, 0.25) is 5.75 Å². The first-order chi connectivity index (χ1) is 16.5. The van der Waals surface area contributed by atoms with E-state index in [-0.39, 0.29) is 18.1 Å². The van der Waals surface area contributed by atoms with Crippen molar-refractivity contribution in [2.24, 2.45) is 4.99 Å². The lowest BCUT2D eigenvalue weighted by Gasteiger charge is -2.27. The van der Waals surface area contributed by atoms with Crippen LogP contribution in [0.1, 0.15) is 5.56 Å². The number of hydrogen-bond acceptors (Lipinski definition) is 9. The topological polar surface area (TPSA) is 104 Å². The summed E-state index contributed by atoms with van der Waals surface area (Å²) < 4.78 is 23.5. The van der Waals surface area contributed by atoms with E-state index >= 15 is 0 Å². The van der Waals surface area contributed by atoms with Crippen LogP contribution in [0.3, 0.4) is 0 Å². The maximum atomic E-state index is 13.4. The molecule has 10 nitrogen and oxygen atoms in total. The first-order valence-corrected chi connectivity index (χ1v) is 11.1. The second-order valence-electron chi connectivity index (χ2n) is 7.55. The molecule has 0 saturated carbocycles. The molecule has 1 N–H and O–H groups in total. The Morgan fingerprint density at radius 2 is 1.71 bits per heavy atom. The Morgan fingerprint density at radius 3 is 2.35 bits per heavy atom. The number of amides is 1. The Hall–Kier alpha value is -3.99. The van der Waals surface area contributed by atoms with Gasteiger partial charge in [-0.1, -0.05) is 11.3 Å². The zero-order chi connectivity index (χ0) is 24.0. The van der Waals surface area contributed by atoms with E-state index in [1.54, 1.807) is 51.2 Å². The van der Waals surface area contributed by atoms with Gasteiger partial charge in [-0.2, -0.15) is 0 Å². The van der Waals surface area contributed by atoms with Crippen LogP contribution < -0.4 is 44.1 Å². The molecule has 0 bridgehead atoms. The normalized spacial score (nSPS) is 15.8. The smallest absolute Gasteiger partial charge is 0.272 e. The van der Waals surface area contributed by atoms with Crippen molar-refractivity contribution in [3.05, 3.63) is 55.6 Å². The van der Waals surface area contributed by atoms with Crippen LogP contribution >= 0.6 is 11.3 Å². The number of anilines is 2. The van der Waals surface area contributed by atoms with Gasteiger partial charge < -0.3 is 29.2 Å². The summed E-state index contributed by atoms with van der Waals surface area (Å²) in [6, 6.07) is 8.90. The van der Waals surface area contributed by atoms with E-state index in [2.05, 4.69) is 10.3 Å². The number of rotatable bonds is 5. The molecule has 2 aliphatic rings. The maximum Gasteiger partial charge on any atom is 0.272 e. The molecular weight excluding hydrogens is 460 g/mol. The quantitative estimate of drug-likeness (QED) is 0.582. The number of carbonyl (C=O) groups excluding carboxylic acids is 1. The second-order valence-corrected chi connectivity index (χ2v) is 8.53. The molecule has 0 radical (unpaired) electrons. The molecule has 1 aromatic heterocycles. The average Bonchev–Trinajstić information content (AvgIpc) is 3.36. The van der Waals surface area contributed by atoms with Crippen molar-refractivity contribution in [1.29, 1.82) is 0 Å². The van der Waals surface area contributed by atoms with E-state index < -0.39 is 0 Å². The minimum Gasteiger partial charge on any atom is -0.497 e. The van der Waals surface area contributed by atoms with Crippen LogP contribution in [0.4, 0.5) is 11.4 Å². The zero-order valence-corrected chi connectivity index (χ0v) is 19.8. The molecule has 0 saturated heterocycles. The van der Waals surface area contributed by atoms with Crippen LogP contribution in [0.15, 0.2) is 40.1 Å². The van der Waals surface area contributed by atoms with Crippen molar-refractivity contribution in [1.82, 2.24) is 4.57 Å². The van der Waals surface area contributed by atoms with Crippen LogP contribution in [0.5, 0.6) is 23.0 Å². The average molecular weight is 483 g/mol. The van der Waals surface area contributed by atoms with Gasteiger partial charge in [0.15, 0.2) is 16.3 Å². The Balaban J connectivity index is 1.60. The number of benzene rings is 2. The van der Waals surface area contributed by atoms with Gasteiger partial charge in [0.05, 0.1) is 34.0 Å². The highest BCUT2D eigenvalue weighted by Gasteiger charge is 2.29. The molecule has 0 unspecified atom stereocenters. The van der Waals surface area contributed by atoms with Crippen LogP contribution in [-0.2, 0) is 11.5 Å². The molecule has 11 heteroatoms. The second kappa shape index (κ2) is 8.41. The van der Waals surface area contributed by atoms with Crippen molar-refractivity contribution in [3.8, 4) is 23.0 Å². The summed E-state index contributed by atoms with van der Waals surface area (Å²) in [5, 5.41) is 2.82. The molecule has 3 heterocycles. The minimum atomic E-state index is -0.318. The van der Waals surface area contributed by atoms with Crippen molar-refractivity contribution < 1.29 is 23.7 Å². The number of hydrogen-bond donors (Lipinski definition) is 1. The standard InChI is InChI=1S/C23H22N4O6S/c1-30-13-5-6-15-14(9-13)18(21(28)25-15)20-22(29)27-11-26(10-24-23(27)34-20)12-7-16(31-2)19(33-4)17(8-12)32-3/h5-9H,10-11H2,1-4H3,(H,25,28). The molecule has 176 valence electrons. The van der Waals surface area contributed by atoms with Gasteiger partial charge in [-0.3, -0.25) is 14.2 Å². The largest absolute Gasteiger partial charge is 0.497 e. The number of nitrogens with one attached hydrogen (secondary N) is 1. The fraction of sp³-hybridized carbons (Fsp3) is 0.261. The first kappa shape index (κ1) is 21.8. The predicted molar refractivity (Wildman–Crippen MR) is 127 cm³/mol. The molecule has 0 spiro atoms. The predicted octanol–water partition coefficient (Wildman–Crippen LogP) is 1.15. The summed E-state index contributed by atoms with van der Waals surface area (Å²) in [4.78, 5) is 33.3. The molecule has 0 aliphatic carbocycles. The Labute approximate surface area is 198 Å². The van der Waals surface area contributed by atoms with Crippen molar-refractivity contribution >= 4 is 34.2 Å². The van der Waals surface area contributed by atoms with Crippen molar-refractivity contribution in [3.63, 3.8) is 0 Å². The Morgan fingerprint density at radius 1 is 0.971 bits per heavy atom. The van der Waals surface area contributed by atoms with Gasteiger partial charge in [-0.25, -0.2) is 4.99 Å². The number of ether oxygens (including phenoxy) is 4. The Bertz CT molecular complexity index is 1470. The fourth-order valence-corrected chi connectivity index (χ4v) is 5.13. The number of thiazole rings is 1. The molecule has 1 amide bonds. The number of fused-ring (bicyclic) bond motifs is 2. The van der Waals surface area contributed by atoms with E-state index in [0.717, 1.165) is 5.69 Å². The number of aromatic nitrogens is 1. The lowest BCUT2D eigenvalue weighted by Crippen LogP contribution is -2.43. The summed E-state index contributed by atoms with van der Waals surface area (Å²) >= 11 is 1.21. The first-order valence-electron chi connectivity index (χ1n) is 10.3. The summed E-state index contributed by atoms with van der Waals surface area (Å²) in [6.07, 6.45) is 0. The SMILES string of the molecule is COc1ccc2c(c1)C(=c1sc3n(c1=O)CN(c1cc(OC)c(OC)c(OC)c1)CN=3)C(=O)N2. The molecule has 5 rings (SSSR count). The Kier molecular flexibility index (Phi) is 5.40. The van der Waals surface area contributed by atoms with Crippen molar-refractivity contribution in [2.45, 2.75) is 6.67 Å². The van der Waals surface area contributed by atoms with Crippen molar-refractivity contribution in [2.75, 3.05) is 45.3 Å². The minimum absolute atomic E-state index is 0.257. The summed E-state index contributed by atoms with van der Waals surface area (Å²) in [5.74, 6) is 1.78. The fourth-order valence-electron chi connectivity index (χ4n) is 4.07. The molecule has 2 aliphatic heterocycles. The third-order valence-electron chi connectivity index (χ3n) is 5.77. The summed E-state index contributed by atoms with van der Waals surface area (Å²) in [5.41, 5.74) is 2.10. The number of nitrogens with zero attached hydrogens (tertiary/aromatic N) is 3. The monoisotopic (exact) mass is 482 g/mol. The van der Waals surface area contributed by atoms with Gasteiger partial charge in [-0.15, -0.1) is 0 Å². The van der Waals surface area contributed by atoms with Gasteiger partial charge in [0.25, 0.3) is 11.5 Å². The third kappa shape index (κ3) is 3.36. The number of methoxy groups -OCH3 is 4. The highest BCUT2D eigenvalue weighted by molar-refractivity contribution is 7.07. The van der Waals surface area contributed by atoms with Gasteiger partial charge in [0, 0.05) is 29.1 Å². The van der Waals surface area contributed by atoms with E-state index in [1.165, 1.54) is 11.3 Å². The van der Waals surface area contributed by atoms with Gasteiger partial charge in [-0.05, 0) is 18.2 Å². The van der Waals surface area contributed by atoms with Gasteiger partial charge in [0.1, 0.15) is 23.6 Å². The maximum absolute atomic E-state index is 13.4. The molecule has 0 atom stereocenters. The highest BCUT2D eigenvalue weighted by atomic mass is 32.1. The lowest BCUT2D eigenvalue weighted by molar-refractivity contribution is -0.110. The summed E-state index contributed by atoms with van der Waals surface area (Å²) in [7, 11) is 6.19. The van der Waals surface area contributed by atoms with E-state index in [9.17, 15) is 9.59 Å². The van der Waals surface area contributed by atoms with Crippen LogP contribution in [0, 0.1) is 0 Å². The lowest BCUT2D eigenvalue weighted by atomic mass is 10.1. The summed E-state index contributed by atoms with van der Waals surface area (Å²) in [6.45, 7) is 0.580. The molecule has 34 heavy (non-hydrogen) atoms. The molecule has 3 aromatic rings. The van der Waals surface area contributed by atoms with Gasteiger partial charge >= 0.3 is 0 Å². The van der Waals surface area contributed by atoms with E-state index in [4.69, 9.17) is 18.9 Å². The van der Waals surface area contributed by atoms with Crippen LogP contribution in [0.25, 0.3) is 5.57 Å². The highest BCUT2D eigenvalue weighted by Crippen LogP contribution is 2.41. The molecule has 0 fully saturated rings.